The molecule has 0 aromatic heterocycles. The van der Waals surface area contributed by atoms with E-state index in [0.717, 1.165) is 0 Å². The van der Waals surface area contributed by atoms with Gasteiger partial charge in [-0.25, -0.2) is 0 Å². The average molecular weight is 365 g/mol. The average Bonchev–Trinajstić information content (AvgIpc) is 0. The van der Waals surface area contributed by atoms with Crippen molar-refractivity contribution >= 4 is 80.8 Å². The van der Waals surface area contributed by atoms with Gasteiger partial charge in [0.05, 0.1) is 0 Å². The normalized spacial score (nSPS) is 0. The molecule has 0 saturated carbocycles. The number of hydrogen-bond donors (Lipinski definition) is 0. The summed E-state index contributed by atoms with van der Waals surface area (Å²) < 4.78 is 0. The molecule has 0 saturated heterocycles. The van der Waals surface area contributed by atoms with E-state index in [-0.39, 0.29) is 170 Å². The fourth-order valence-electron chi connectivity index (χ4n) is 0. The van der Waals surface area contributed by atoms with Gasteiger partial charge < -0.3 is 89.4 Å². The van der Waals surface area contributed by atoms with Crippen molar-refractivity contribution in [2.24, 2.45) is 0 Å². The Bertz CT molecular complexity index is 26.1. The van der Waals surface area contributed by atoms with E-state index in [1.165, 1.54) is 0 Å². The molecule has 0 aliphatic heterocycles. The van der Waals surface area contributed by atoms with Crippen molar-refractivity contribution < 1.29 is 89.4 Å². The van der Waals surface area contributed by atoms with Crippen LogP contribution in [0.4, 0.5) is 0 Å². The Morgan fingerprint density at radius 3 is 0.286 bits per heavy atom. The first-order chi connectivity index (χ1) is 0. The summed E-state index contributed by atoms with van der Waals surface area (Å²) in [5.41, 5.74) is 0. The van der Waals surface area contributed by atoms with Gasteiger partial charge in [0.25, 0.3) is 0 Å². The van der Waals surface area contributed by atoms with Crippen LogP contribution in [0.1, 0.15) is 0 Å². The molecule has 0 aliphatic carbocycles. The zero-order chi connectivity index (χ0) is 0. The van der Waals surface area contributed by atoms with Crippen LogP contribution in [0.15, 0.2) is 0 Å². The van der Waals surface area contributed by atoms with Gasteiger partial charge in [0, 0.05) is 0 Å². The van der Waals surface area contributed by atoms with Gasteiger partial charge in [0.15, 0.2) is 0 Å². The van der Waals surface area contributed by atoms with Gasteiger partial charge in [0.1, 0.15) is 0 Å². The molecule has 0 aromatic carbocycles. The molecule has 0 unspecified atom stereocenters. The van der Waals surface area contributed by atoms with Crippen LogP contribution < -0.4 is 62.0 Å². The summed E-state index contributed by atoms with van der Waals surface area (Å²) in [6, 6.07) is 0. The molecular formula is H5Al2Cl5Mg2O5. The molecule has 0 radical (unpaired) electrons. The van der Waals surface area contributed by atoms with Crippen LogP contribution in [0, 0.1) is 0 Å². The van der Waals surface area contributed by atoms with Crippen LogP contribution in [-0.4, -0.2) is 108 Å². The number of rotatable bonds is 0. The van der Waals surface area contributed by atoms with Gasteiger partial charge in [-0.15, -0.1) is 0 Å². The zero-order valence-corrected chi connectivity index (χ0v) is 15.6. The fraction of sp³-hybridized carbons (Fsp3) is 0. The molecule has 0 bridgehead atoms. The summed E-state index contributed by atoms with van der Waals surface area (Å²) >= 11 is 0. The van der Waals surface area contributed by atoms with Crippen molar-refractivity contribution in [1.82, 2.24) is 0 Å². The molecule has 5 N–H and O–H groups in total. The second-order valence-electron chi connectivity index (χ2n) is 0. The quantitative estimate of drug-likeness (QED) is 0.391. The largest absolute Gasteiger partial charge is 3.00 e. The van der Waals surface area contributed by atoms with Crippen LogP contribution in [0.2, 0.25) is 0 Å². The SMILES string of the molecule is [Al+3].[Al+3].[Cl-].[Cl-].[Cl-].[Cl-].[Cl-].[Mg+2].[Mg+2].[OH-].[OH-].[OH-].[OH-].[OH-]. The van der Waals surface area contributed by atoms with Gasteiger partial charge in [0.2, 0.25) is 0 Å². The van der Waals surface area contributed by atoms with E-state index in [1.807, 2.05) is 0 Å². The monoisotopic (exact) mass is 362 g/mol. The summed E-state index contributed by atoms with van der Waals surface area (Å²) in [5.74, 6) is 0. The third-order valence-electron chi connectivity index (χ3n) is 0. The fourth-order valence-corrected chi connectivity index (χ4v) is 0. The Morgan fingerprint density at radius 1 is 0.286 bits per heavy atom. The van der Waals surface area contributed by atoms with E-state index in [0.29, 0.717) is 0 Å². The molecule has 0 heterocycles. The maximum atomic E-state index is 0. The summed E-state index contributed by atoms with van der Waals surface area (Å²) in [6.07, 6.45) is 0. The second kappa shape index (κ2) is 286. The molecular weight excluding hydrogens is 360 g/mol. The Balaban J connectivity index is 0. The Kier molecular flexibility index (Phi) is 6990. The van der Waals surface area contributed by atoms with Gasteiger partial charge in [-0.05, 0) is 0 Å². The third kappa shape index (κ3) is 236. The molecule has 0 atom stereocenters. The first kappa shape index (κ1) is 342. The standard InChI is InChI=1S/2Al.5ClH.2Mg.5H2O/h;;5*1H;;;5*1H2/q2*+3;;;;;;2*+2;;;;;/p-10. The van der Waals surface area contributed by atoms with Gasteiger partial charge in [-0.2, -0.15) is 0 Å². The minimum absolute atomic E-state index is 0. The smallest absolute Gasteiger partial charge is 1.00 e. The van der Waals surface area contributed by atoms with E-state index in [4.69, 9.17) is 0 Å². The summed E-state index contributed by atoms with van der Waals surface area (Å²) in [4.78, 5) is 0. The molecule has 0 spiro atoms. The van der Waals surface area contributed by atoms with E-state index in [9.17, 15) is 0 Å². The molecule has 0 aromatic rings. The molecule has 0 fully saturated rings. The number of hydrogen-bond acceptors (Lipinski definition) is 5. The van der Waals surface area contributed by atoms with E-state index >= 15 is 0 Å². The van der Waals surface area contributed by atoms with Gasteiger partial charge in [-0.3, -0.25) is 0 Å². The van der Waals surface area contributed by atoms with Crippen molar-refractivity contribution in [2.45, 2.75) is 0 Å². The van der Waals surface area contributed by atoms with Crippen LogP contribution in [0.25, 0.3) is 0 Å². The van der Waals surface area contributed by atoms with E-state index < -0.39 is 0 Å². The predicted octanol–water partition coefficient (Wildman–Crippen LogP) is -17.4. The molecule has 80 valence electrons. The van der Waals surface area contributed by atoms with Gasteiger partial charge in [-0.1, -0.05) is 0 Å². The second-order valence-corrected chi connectivity index (χ2v) is 0. The maximum Gasteiger partial charge on any atom is 3.00 e. The van der Waals surface area contributed by atoms with Crippen molar-refractivity contribution in [3.63, 3.8) is 0 Å². The first-order valence-corrected chi connectivity index (χ1v) is 0. The minimum Gasteiger partial charge on any atom is -1.00 e. The number of halogens is 5. The van der Waals surface area contributed by atoms with Crippen molar-refractivity contribution in [2.75, 3.05) is 0 Å². The maximum absolute atomic E-state index is 0. The summed E-state index contributed by atoms with van der Waals surface area (Å²) in [5, 5.41) is 0. The van der Waals surface area contributed by atoms with E-state index in [1.54, 1.807) is 0 Å². The molecule has 0 amide bonds. The van der Waals surface area contributed by atoms with Crippen LogP contribution >= 0.6 is 0 Å². The predicted molar refractivity (Wildman–Crippen MR) is 32.7 cm³/mol. The molecule has 5 nitrogen and oxygen atoms in total. The molecule has 0 aliphatic rings. The van der Waals surface area contributed by atoms with Crippen LogP contribution in [0.5, 0.6) is 0 Å². The van der Waals surface area contributed by atoms with Gasteiger partial charge >= 0.3 is 80.8 Å². The van der Waals surface area contributed by atoms with Crippen molar-refractivity contribution in [3.8, 4) is 0 Å². The molecule has 14 heteroatoms. The van der Waals surface area contributed by atoms with Crippen LogP contribution in [0.3, 0.4) is 0 Å². The van der Waals surface area contributed by atoms with Crippen molar-refractivity contribution in [3.05, 3.63) is 0 Å². The minimum atomic E-state index is 0. The Morgan fingerprint density at radius 2 is 0.286 bits per heavy atom. The zero-order valence-electron chi connectivity index (χ0n) is 6.69. The third-order valence-corrected chi connectivity index (χ3v) is 0. The first-order valence-electron chi connectivity index (χ1n) is 0. The van der Waals surface area contributed by atoms with E-state index in [2.05, 4.69) is 0 Å². The van der Waals surface area contributed by atoms with Crippen LogP contribution in [-0.2, 0) is 0 Å². The molecule has 0 rings (SSSR count). The van der Waals surface area contributed by atoms with Crippen molar-refractivity contribution in [1.29, 1.82) is 0 Å². The molecule has 14 heavy (non-hydrogen) atoms. The summed E-state index contributed by atoms with van der Waals surface area (Å²) in [7, 11) is 0. The summed E-state index contributed by atoms with van der Waals surface area (Å²) in [6.45, 7) is 0. The topological polar surface area (TPSA) is 150 Å². The Hall–Kier alpha value is 3.85. The Labute approximate surface area is 168 Å².